The van der Waals surface area contributed by atoms with Crippen LogP contribution >= 0.6 is 35.1 Å². The number of nitrogens with one attached hydrogen (secondary N) is 1. The van der Waals surface area contributed by atoms with E-state index < -0.39 is 0 Å². The number of hydrogen-bond acceptors (Lipinski definition) is 4. The van der Waals surface area contributed by atoms with E-state index in [2.05, 4.69) is 6.07 Å². The smallest absolute Gasteiger partial charge is 0.151 e. The summed E-state index contributed by atoms with van der Waals surface area (Å²) < 4.78 is 0. The molecule has 2 aromatic rings. The number of rotatable bonds is 4. The molecule has 0 unspecified atom stereocenters. The number of benzene rings is 2. The second-order valence-electron chi connectivity index (χ2n) is 4.60. The van der Waals surface area contributed by atoms with E-state index in [-0.39, 0.29) is 5.17 Å². The highest BCUT2D eigenvalue weighted by atomic mass is 35.5. The molecule has 0 aliphatic rings. The van der Waals surface area contributed by atoms with Gasteiger partial charge in [0.05, 0.1) is 11.6 Å². The molecule has 6 heteroatoms. The van der Waals surface area contributed by atoms with E-state index in [9.17, 15) is 0 Å². The summed E-state index contributed by atoms with van der Waals surface area (Å²) in [5.74, 6) is 0.605. The summed E-state index contributed by atoms with van der Waals surface area (Å²) in [6.07, 6.45) is 0. The number of aryl methyl sites for hydroxylation is 1. The van der Waals surface area contributed by atoms with Crippen molar-refractivity contribution in [3.8, 4) is 6.07 Å². The highest BCUT2D eigenvalue weighted by molar-refractivity contribution is 8.13. The minimum absolute atomic E-state index is 0.0884. The number of nitrogens with zero attached hydrogens (tertiary/aromatic N) is 1. The largest absolute Gasteiger partial charge is 0.379 e. The molecular formula is C16H14ClN3S2. The Morgan fingerprint density at radius 1 is 1.27 bits per heavy atom. The third-order valence-corrected chi connectivity index (χ3v) is 5.23. The standard InChI is InChI=1S/C16H14ClN3S2/c1-10-6-11(8-18)2-4-14(10)22-15-5-3-13(17)7-12(15)9-21-16(19)20/h2-7H,9H2,1H3,(H3,19,20). The molecule has 0 fully saturated rings. The first kappa shape index (κ1) is 16.8. The topological polar surface area (TPSA) is 73.7 Å². The molecule has 0 spiro atoms. The van der Waals surface area contributed by atoms with Gasteiger partial charge in [0.1, 0.15) is 0 Å². The van der Waals surface area contributed by atoms with Gasteiger partial charge in [-0.2, -0.15) is 5.26 Å². The summed E-state index contributed by atoms with van der Waals surface area (Å²) >= 11 is 8.97. The Labute approximate surface area is 143 Å². The normalized spacial score (nSPS) is 10.2. The van der Waals surface area contributed by atoms with Crippen LogP contribution in [0.25, 0.3) is 0 Å². The summed E-state index contributed by atoms with van der Waals surface area (Å²) in [5.41, 5.74) is 8.17. The van der Waals surface area contributed by atoms with Crippen molar-refractivity contribution in [1.82, 2.24) is 0 Å². The number of amidine groups is 1. The number of nitriles is 1. The predicted octanol–water partition coefficient (Wildman–Crippen LogP) is 4.80. The van der Waals surface area contributed by atoms with Gasteiger partial charge in [-0.25, -0.2) is 0 Å². The van der Waals surface area contributed by atoms with Crippen LogP contribution in [-0.2, 0) is 5.75 Å². The first-order valence-electron chi connectivity index (χ1n) is 6.43. The molecule has 0 amide bonds. The van der Waals surface area contributed by atoms with Crippen molar-refractivity contribution < 1.29 is 0 Å². The van der Waals surface area contributed by atoms with Crippen LogP contribution in [-0.4, -0.2) is 5.17 Å². The summed E-state index contributed by atoms with van der Waals surface area (Å²) in [6, 6.07) is 13.5. The van der Waals surface area contributed by atoms with Crippen LogP contribution < -0.4 is 5.73 Å². The summed E-state index contributed by atoms with van der Waals surface area (Å²) in [6.45, 7) is 1.99. The molecule has 3 nitrogen and oxygen atoms in total. The van der Waals surface area contributed by atoms with Crippen molar-refractivity contribution in [2.75, 3.05) is 0 Å². The van der Waals surface area contributed by atoms with Gasteiger partial charge in [-0.1, -0.05) is 35.1 Å². The van der Waals surface area contributed by atoms with Gasteiger partial charge in [-0.05, 0) is 54.4 Å². The maximum Gasteiger partial charge on any atom is 0.151 e. The molecule has 0 bridgehead atoms. The maximum atomic E-state index is 8.93. The highest BCUT2D eigenvalue weighted by Gasteiger charge is 2.09. The Hall–Kier alpha value is -1.61. The van der Waals surface area contributed by atoms with E-state index in [4.69, 9.17) is 28.0 Å². The minimum Gasteiger partial charge on any atom is -0.379 e. The van der Waals surface area contributed by atoms with Gasteiger partial charge in [0.25, 0.3) is 0 Å². The van der Waals surface area contributed by atoms with Crippen LogP contribution in [0, 0.1) is 23.7 Å². The zero-order valence-corrected chi connectivity index (χ0v) is 14.3. The van der Waals surface area contributed by atoms with Crippen molar-refractivity contribution in [2.45, 2.75) is 22.5 Å². The monoisotopic (exact) mass is 347 g/mol. The third-order valence-electron chi connectivity index (χ3n) is 2.93. The molecule has 0 saturated carbocycles. The molecule has 0 aliphatic heterocycles. The van der Waals surface area contributed by atoms with Crippen molar-refractivity contribution in [1.29, 1.82) is 10.7 Å². The van der Waals surface area contributed by atoms with Gasteiger partial charge in [0, 0.05) is 20.6 Å². The molecule has 0 saturated heterocycles. The van der Waals surface area contributed by atoms with Crippen LogP contribution in [0.15, 0.2) is 46.2 Å². The van der Waals surface area contributed by atoms with Crippen LogP contribution in [0.3, 0.4) is 0 Å². The van der Waals surface area contributed by atoms with Gasteiger partial charge in [0.2, 0.25) is 0 Å². The fraction of sp³-hybridized carbons (Fsp3) is 0.125. The average Bonchev–Trinajstić information content (AvgIpc) is 2.49. The number of nitrogens with two attached hydrogens (primary N) is 1. The third kappa shape index (κ3) is 4.44. The van der Waals surface area contributed by atoms with Crippen molar-refractivity contribution >= 4 is 40.3 Å². The fourth-order valence-electron chi connectivity index (χ4n) is 1.87. The first-order chi connectivity index (χ1) is 10.5. The summed E-state index contributed by atoms with van der Waals surface area (Å²) in [5, 5.41) is 17.0. The first-order valence-corrected chi connectivity index (χ1v) is 8.61. The lowest BCUT2D eigenvalue weighted by molar-refractivity contribution is 1.24. The summed E-state index contributed by atoms with van der Waals surface area (Å²) in [7, 11) is 0. The van der Waals surface area contributed by atoms with Gasteiger partial charge >= 0.3 is 0 Å². The van der Waals surface area contributed by atoms with Gasteiger partial charge in [-0.15, -0.1) is 0 Å². The lowest BCUT2D eigenvalue weighted by atomic mass is 10.2. The minimum atomic E-state index is 0.0884. The second kappa shape index (κ2) is 7.59. The van der Waals surface area contributed by atoms with Crippen LogP contribution in [0.2, 0.25) is 5.02 Å². The van der Waals surface area contributed by atoms with Gasteiger partial charge in [0.15, 0.2) is 5.17 Å². The van der Waals surface area contributed by atoms with E-state index in [0.717, 1.165) is 20.9 Å². The Morgan fingerprint density at radius 3 is 2.64 bits per heavy atom. The fourth-order valence-corrected chi connectivity index (χ4v) is 3.69. The Kier molecular flexibility index (Phi) is 5.78. The second-order valence-corrected chi connectivity index (χ2v) is 7.14. The summed E-state index contributed by atoms with van der Waals surface area (Å²) in [4.78, 5) is 2.17. The van der Waals surface area contributed by atoms with Crippen LogP contribution in [0.1, 0.15) is 16.7 Å². The Bertz CT molecular complexity index is 754. The molecule has 112 valence electrons. The van der Waals surface area contributed by atoms with E-state index in [1.54, 1.807) is 11.8 Å². The molecule has 2 aromatic carbocycles. The molecule has 2 rings (SSSR count). The van der Waals surface area contributed by atoms with Crippen molar-refractivity contribution in [3.63, 3.8) is 0 Å². The predicted molar refractivity (Wildman–Crippen MR) is 94.7 cm³/mol. The molecule has 0 aromatic heterocycles. The van der Waals surface area contributed by atoms with Gasteiger partial charge < -0.3 is 5.73 Å². The Balaban J connectivity index is 2.29. The van der Waals surface area contributed by atoms with E-state index >= 15 is 0 Å². The molecule has 0 aliphatic carbocycles. The van der Waals surface area contributed by atoms with Crippen LogP contribution in [0.5, 0.6) is 0 Å². The molecule has 0 heterocycles. The zero-order chi connectivity index (χ0) is 16.1. The van der Waals surface area contributed by atoms with E-state index in [1.807, 2.05) is 43.3 Å². The number of halogens is 1. The molecule has 0 atom stereocenters. The van der Waals surface area contributed by atoms with Crippen molar-refractivity contribution in [3.05, 3.63) is 58.1 Å². The highest BCUT2D eigenvalue weighted by Crippen LogP contribution is 2.35. The SMILES string of the molecule is Cc1cc(C#N)ccc1Sc1ccc(Cl)cc1CSC(=N)N. The van der Waals surface area contributed by atoms with Crippen molar-refractivity contribution in [2.24, 2.45) is 5.73 Å². The molecule has 22 heavy (non-hydrogen) atoms. The van der Waals surface area contributed by atoms with Crippen LogP contribution in [0.4, 0.5) is 0 Å². The van der Waals surface area contributed by atoms with E-state index in [0.29, 0.717) is 16.3 Å². The maximum absolute atomic E-state index is 8.93. The lowest BCUT2D eigenvalue weighted by Crippen LogP contribution is -2.04. The zero-order valence-electron chi connectivity index (χ0n) is 11.9. The average molecular weight is 348 g/mol. The molecule has 3 N–H and O–H groups in total. The quantitative estimate of drug-likeness (QED) is 0.615. The lowest BCUT2D eigenvalue weighted by Gasteiger charge is -2.11. The number of hydrogen-bond donors (Lipinski definition) is 2. The number of thioether (sulfide) groups is 1. The van der Waals surface area contributed by atoms with Gasteiger partial charge in [-0.3, -0.25) is 5.41 Å². The molecule has 0 radical (unpaired) electrons. The Morgan fingerprint density at radius 2 is 2.00 bits per heavy atom. The molecular weight excluding hydrogens is 334 g/mol. The van der Waals surface area contributed by atoms with E-state index in [1.165, 1.54) is 11.8 Å².